The summed E-state index contributed by atoms with van der Waals surface area (Å²) in [6.07, 6.45) is 2.66. The number of nitrogens with zero attached hydrogens (tertiary/aromatic N) is 2. The molecule has 0 aliphatic carbocycles. The Labute approximate surface area is 147 Å². The van der Waals surface area contributed by atoms with E-state index in [1.54, 1.807) is 18.2 Å². The first-order valence-corrected chi connectivity index (χ1v) is 7.38. The van der Waals surface area contributed by atoms with E-state index in [1.807, 2.05) is 0 Å². The van der Waals surface area contributed by atoms with Crippen LogP contribution in [0.5, 0.6) is 0 Å². The van der Waals surface area contributed by atoms with E-state index in [4.69, 9.17) is 11.6 Å². The SMILES string of the molecule is O=C(C=Cc1ccc(Cl)c([N+](=O)[O-])c1)NCc1ccc([N+](=O)[O-])cc1. The number of hydrogen-bond acceptors (Lipinski definition) is 5. The van der Waals surface area contributed by atoms with Gasteiger partial charge in [0.15, 0.2) is 0 Å². The van der Waals surface area contributed by atoms with E-state index >= 15 is 0 Å². The second-order valence-corrected chi connectivity index (χ2v) is 5.35. The van der Waals surface area contributed by atoms with Crippen LogP contribution >= 0.6 is 11.6 Å². The number of carbonyl (C=O) groups excluding carboxylic acids is 1. The van der Waals surface area contributed by atoms with Gasteiger partial charge in [-0.15, -0.1) is 0 Å². The van der Waals surface area contributed by atoms with Gasteiger partial charge >= 0.3 is 0 Å². The van der Waals surface area contributed by atoms with E-state index in [1.165, 1.54) is 36.4 Å². The van der Waals surface area contributed by atoms with E-state index in [9.17, 15) is 25.0 Å². The first-order chi connectivity index (χ1) is 11.9. The molecule has 8 nitrogen and oxygen atoms in total. The normalized spacial score (nSPS) is 10.6. The lowest BCUT2D eigenvalue weighted by Gasteiger charge is -2.02. The summed E-state index contributed by atoms with van der Waals surface area (Å²) >= 11 is 5.71. The first-order valence-electron chi connectivity index (χ1n) is 7.00. The molecule has 2 rings (SSSR count). The molecule has 0 bridgehead atoms. The highest BCUT2D eigenvalue weighted by Crippen LogP contribution is 2.25. The summed E-state index contributed by atoms with van der Waals surface area (Å²) in [4.78, 5) is 32.1. The molecule has 0 aliphatic heterocycles. The maximum atomic E-state index is 11.8. The van der Waals surface area contributed by atoms with Crippen molar-refractivity contribution >= 4 is 35.0 Å². The average Bonchev–Trinajstić information content (AvgIpc) is 2.59. The molecule has 0 radical (unpaired) electrons. The lowest BCUT2D eigenvalue weighted by molar-refractivity contribution is -0.385. The van der Waals surface area contributed by atoms with Crippen molar-refractivity contribution in [1.29, 1.82) is 0 Å². The molecular weight excluding hydrogens is 350 g/mol. The van der Waals surface area contributed by atoms with E-state index in [2.05, 4.69) is 5.32 Å². The molecule has 2 aromatic rings. The Hall–Kier alpha value is -3.26. The second kappa shape index (κ2) is 8.02. The number of halogens is 1. The van der Waals surface area contributed by atoms with E-state index in [0.29, 0.717) is 11.1 Å². The molecule has 2 aromatic carbocycles. The van der Waals surface area contributed by atoms with Crippen LogP contribution in [-0.2, 0) is 11.3 Å². The molecule has 0 unspecified atom stereocenters. The van der Waals surface area contributed by atoms with Crippen LogP contribution in [-0.4, -0.2) is 15.8 Å². The molecule has 0 atom stereocenters. The summed E-state index contributed by atoms with van der Waals surface area (Å²) in [7, 11) is 0. The minimum Gasteiger partial charge on any atom is -0.348 e. The van der Waals surface area contributed by atoms with Crippen LogP contribution in [0.3, 0.4) is 0 Å². The van der Waals surface area contributed by atoms with Crippen molar-refractivity contribution in [2.24, 2.45) is 0 Å². The fourth-order valence-corrected chi connectivity index (χ4v) is 2.12. The molecule has 1 N–H and O–H groups in total. The van der Waals surface area contributed by atoms with Crippen molar-refractivity contribution in [3.8, 4) is 0 Å². The summed E-state index contributed by atoms with van der Waals surface area (Å²) in [6, 6.07) is 10.00. The Kier molecular flexibility index (Phi) is 5.80. The quantitative estimate of drug-likeness (QED) is 0.480. The van der Waals surface area contributed by atoms with Crippen LogP contribution in [0.1, 0.15) is 11.1 Å². The van der Waals surface area contributed by atoms with Crippen LogP contribution in [0.2, 0.25) is 5.02 Å². The van der Waals surface area contributed by atoms with Gasteiger partial charge in [-0.05, 0) is 23.3 Å². The zero-order chi connectivity index (χ0) is 18.4. The molecule has 0 heterocycles. The van der Waals surface area contributed by atoms with Gasteiger partial charge in [0.25, 0.3) is 11.4 Å². The summed E-state index contributed by atoms with van der Waals surface area (Å²) in [6.45, 7) is 0.196. The molecular formula is C16H12ClN3O5. The lowest BCUT2D eigenvalue weighted by Crippen LogP contribution is -2.20. The zero-order valence-electron chi connectivity index (χ0n) is 12.7. The van der Waals surface area contributed by atoms with Gasteiger partial charge in [-0.25, -0.2) is 0 Å². The van der Waals surface area contributed by atoms with E-state index in [0.717, 1.165) is 0 Å². The Balaban J connectivity index is 1.95. The van der Waals surface area contributed by atoms with Crippen LogP contribution in [0.15, 0.2) is 48.5 Å². The molecule has 25 heavy (non-hydrogen) atoms. The van der Waals surface area contributed by atoms with Crippen molar-refractivity contribution in [2.45, 2.75) is 6.54 Å². The smallest absolute Gasteiger partial charge is 0.288 e. The number of benzene rings is 2. The fourth-order valence-electron chi connectivity index (χ4n) is 1.93. The Morgan fingerprint density at radius 1 is 1.08 bits per heavy atom. The number of nitro groups is 2. The molecule has 1 amide bonds. The predicted molar refractivity (Wildman–Crippen MR) is 92.1 cm³/mol. The topological polar surface area (TPSA) is 115 Å². The number of nitro benzene ring substituents is 2. The van der Waals surface area contributed by atoms with Crippen LogP contribution < -0.4 is 5.32 Å². The van der Waals surface area contributed by atoms with Gasteiger partial charge in [-0.1, -0.05) is 29.8 Å². The standard InChI is InChI=1S/C16H12ClN3O5/c17-14-7-3-11(9-15(14)20(24)25)4-8-16(21)18-10-12-1-5-13(6-2-12)19(22)23/h1-9H,10H2,(H,18,21). The molecule has 0 aromatic heterocycles. The third kappa shape index (κ3) is 5.11. The maximum absolute atomic E-state index is 11.8. The Morgan fingerprint density at radius 3 is 2.36 bits per heavy atom. The lowest BCUT2D eigenvalue weighted by atomic mass is 10.2. The van der Waals surface area contributed by atoms with E-state index < -0.39 is 15.8 Å². The molecule has 0 aliphatic rings. The Bertz CT molecular complexity index is 849. The van der Waals surface area contributed by atoms with Gasteiger partial charge in [-0.3, -0.25) is 25.0 Å². The van der Waals surface area contributed by atoms with Crippen molar-refractivity contribution < 1.29 is 14.6 Å². The van der Waals surface area contributed by atoms with E-state index in [-0.39, 0.29) is 22.9 Å². The highest BCUT2D eigenvalue weighted by atomic mass is 35.5. The van der Waals surface area contributed by atoms with Crippen molar-refractivity contribution in [3.63, 3.8) is 0 Å². The minimum absolute atomic E-state index is 0.0183. The number of hydrogen-bond donors (Lipinski definition) is 1. The molecule has 0 saturated heterocycles. The van der Waals surface area contributed by atoms with Crippen LogP contribution in [0.4, 0.5) is 11.4 Å². The maximum Gasteiger partial charge on any atom is 0.288 e. The van der Waals surface area contributed by atoms with Gasteiger partial charge in [0, 0.05) is 30.8 Å². The fraction of sp³-hybridized carbons (Fsp3) is 0.0625. The third-order valence-corrected chi connectivity index (χ3v) is 3.53. The molecule has 9 heteroatoms. The Morgan fingerprint density at radius 2 is 1.76 bits per heavy atom. The molecule has 0 spiro atoms. The third-order valence-electron chi connectivity index (χ3n) is 3.21. The average molecular weight is 362 g/mol. The van der Waals surface area contributed by atoms with Gasteiger partial charge in [0.05, 0.1) is 9.85 Å². The van der Waals surface area contributed by atoms with Gasteiger partial charge in [-0.2, -0.15) is 0 Å². The second-order valence-electron chi connectivity index (χ2n) is 4.94. The van der Waals surface area contributed by atoms with Gasteiger partial charge < -0.3 is 5.32 Å². The highest BCUT2D eigenvalue weighted by molar-refractivity contribution is 6.32. The number of carbonyl (C=O) groups is 1. The highest BCUT2D eigenvalue weighted by Gasteiger charge is 2.11. The first kappa shape index (κ1) is 18.1. The summed E-state index contributed by atoms with van der Waals surface area (Å²) in [5.41, 5.74) is 0.894. The molecule has 0 fully saturated rings. The van der Waals surface area contributed by atoms with Crippen molar-refractivity contribution in [2.75, 3.05) is 0 Å². The number of amides is 1. The largest absolute Gasteiger partial charge is 0.348 e. The number of non-ortho nitro benzene ring substituents is 1. The van der Waals surface area contributed by atoms with Gasteiger partial charge in [0.1, 0.15) is 5.02 Å². The summed E-state index contributed by atoms with van der Waals surface area (Å²) in [5, 5.41) is 24.0. The number of nitrogens with one attached hydrogen (secondary N) is 1. The minimum atomic E-state index is -0.603. The zero-order valence-corrected chi connectivity index (χ0v) is 13.5. The van der Waals surface area contributed by atoms with Crippen LogP contribution in [0.25, 0.3) is 6.08 Å². The summed E-state index contributed by atoms with van der Waals surface area (Å²) < 4.78 is 0. The van der Waals surface area contributed by atoms with Crippen LogP contribution in [0, 0.1) is 20.2 Å². The molecule has 128 valence electrons. The predicted octanol–water partition coefficient (Wildman–Crippen LogP) is 3.49. The number of rotatable bonds is 6. The molecule has 0 saturated carbocycles. The van der Waals surface area contributed by atoms with Crippen molar-refractivity contribution in [1.82, 2.24) is 5.32 Å². The van der Waals surface area contributed by atoms with Crippen molar-refractivity contribution in [3.05, 3.63) is 84.9 Å². The summed E-state index contributed by atoms with van der Waals surface area (Å²) in [5.74, 6) is -0.407. The monoisotopic (exact) mass is 361 g/mol. The van der Waals surface area contributed by atoms with Gasteiger partial charge in [0.2, 0.25) is 5.91 Å².